The molecule has 0 spiro atoms. The maximum atomic E-state index is 12.4. The SMILES string of the molecule is Cc1cc(C)n(CCCNC(=O)[C@H]2[C@H](C(=O)O)[C@H]3CC[C@H]2O3)n1. The van der Waals surface area contributed by atoms with E-state index in [9.17, 15) is 14.7 Å². The largest absolute Gasteiger partial charge is 0.481 e. The number of carbonyl (C=O) groups is 2. The molecule has 1 aromatic heterocycles. The van der Waals surface area contributed by atoms with E-state index in [-0.39, 0.29) is 18.1 Å². The fraction of sp³-hybridized carbons (Fsp3) is 0.688. The van der Waals surface area contributed by atoms with Crippen LogP contribution in [0, 0.1) is 25.7 Å². The molecule has 3 rings (SSSR count). The highest BCUT2D eigenvalue weighted by atomic mass is 16.5. The molecule has 126 valence electrons. The van der Waals surface area contributed by atoms with E-state index in [0.29, 0.717) is 6.54 Å². The number of carboxylic acids is 1. The second kappa shape index (κ2) is 6.31. The van der Waals surface area contributed by atoms with Gasteiger partial charge in [0.2, 0.25) is 5.91 Å². The van der Waals surface area contributed by atoms with Crippen LogP contribution < -0.4 is 5.32 Å². The number of hydrogen-bond acceptors (Lipinski definition) is 4. The van der Waals surface area contributed by atoms with Crippen LogP contribution in [-0.2, 0) is 20.9 Å². The van der Waals surface area contributed by atoms with Crippen molar-refractivity contribution in [2.45, 2.75) is 51.9 Å². The number of ether oxygens (including phenoxy) is 1. The van der Waals surface area contributed by atoms with Gasteiger partial charge in [-0.3, -0.25) is 14.3 Å². The van der Waals surface area contributed by atoms with Gasteiger partial charge in [-0.2, -0.15) is 5.10 Å². The first-order valence-corrected chi connectivity index (χ1v) is 8.14. The van der Waals surface area contributed by atoms with Crippen molar-refractivity contribution in [3.05, 3.63) is 17.5 Å². The summed E-state index contributed by atoms with van der Waals surface area (Å²) in [5.74, 6) is -2.39. The summed E-state index contributed by atoms with van der Waals surface area (Å²) in [6.07, 6.45) is 1.73. The molecule has 2 fully saturated rings. The maximum absolute atomic E-state index is 12.4. The molecule has 3 heterocycles. The minimum atomic E-state index is -0.931. The van der Waals surface area contributed by atoms with Gasteiger partial charge in [-0.1, -0.05) is 0 Å². The summed E-state index contributed by atoms with van der Waals surface area (Å²) in [7, 11) is 0. The van der Waals surface area contributed by atoms with Gasteiger partial charge in [0.1, 0.15) is 0 Å². The number of nitrogens with one attached hydrogen (secondary N) is 1. The molecular weight excluding hydrogens is 298 g/mol. The third kappa shape index (κ3) is 3.10. The van der Waals surface area contributed by atoms with Gasteiger partial charge in [-0.05, 0) is 39.2 Å². The number of rotatable bonds is 6. The van der Waals surface area contributed by atoms with Crippen LogP contribution >= 0.6 is 0 Å². The zero-order valence-corrected chi connectivity index (χ0v) is 13.5. The van der Waals surface area contributed by atoms with Crippen molar-refractivity contribution < 1.29 is 19.4 Å². The Morgan fingerprint density at radius 1 is 1.35 bits per heavy atom. The van der Waals surface area contributed by atoms with Crippen molar-refractivity contribution in [1.82, 2.24) is 15.1 Å². The molecule has 1 aromatic rings. The Kier molecular flexibility index (Phi) is 4.39. The Morgan fingerprint density at radius 3 is 2.65 bits per heavy atom. The van der Waals surface area contributed by atoms with Crippen LogP contribution in [-0.4, -0.2) is 45.5 Å². The van der Waals surface area contributed by atoms with E-state index in [1.54, 1.807) is 0 Å². The molecule has 0 aromatic carbocycles. The molecule has 23 heavy (non-hydrogen) atoms. The highest BCUT2D eigenvalue weighted by Gasteiger charge is 2.55. The summed E-state index contributed by atoms with van der Waals surface area (Å²) in [5.41, 5.74) is 2.08. The van der Waals surface area contributed by atoms with Crippen LogP contribution in [0.1, 0.15) is 30.7 Å². The number of aliphatic carboxylic acids is 1. The molecule has 7 nitrogen and oxygen atoms in total. The van der Waals surface area contributed by atoms with Gasteiger partial charge in [-0.25, -0.2) is 0 Å². The minimum Gasteiger partial charge on any atom is -0.481 e. The second-order valence-electron chi connectivity index (χ2n) is 6.47. The fourth-order valence-corrected chi connectivity index (χ4v) is 3.78. The molecule has 1 amide bonds. The highest BCUT2D eigenvalue weighted by Crippen LogP contribution is 2.43. The quantitative estimate of drug-likeness (QED) is 0.759. The molecule has 0 unspecified atom stereocenters. The Hall–Kier alpha value is -1.89. The predicted molar refractivity (Wildman–Crippen MR) is 81.8 cm³/mol. The van der Waals surface area contributed by atoms with Crippen LogP contribution in [0.3, 0.4) is 0 Å². The summed E-state index contributed by atoms with van der Waals surface area (Å²) in [6.45, 7) is 5.20. The standard InChI is InChI=1S/C16H23N3O4/c1-9-8-10(2)19(18-9)7-3-6-17-15(20)13-11-4-5-12(23-11)14(13)16(21)22/h8,11-14H,3-7H2,1-2H3,(H,17,20)(H,21,22)/t11-,12-,13-,14-/m1/s1. The molecule has 0 radical (unpaired) electrons. The van der Waals surface area contributed by atoms with E-state index in [1.807, 2.05) is 24.6 Å². The van der Waals surface area contributed by atoms with Crippen molar-refractivity contribution >= 4 is 11.9 Å². The minimum absolute atomic E-state index is 0.196. The van der Waals surface area contributed by atoms with Crippen molar-refractivity contribution in [3.8, 4) is 0 Å². The summed E-state index contributed by atoms with van der Waals surface area (Å²) in [6, 6.07) is 2.02. The van der Waals surface area contributed by atoms with E-state index in [4.69, 9.17) is 4.74 Å². The Morgan fingerprint density at radius 2 is 2.04 bits per heavy atom. The lowest BCUT2D eigenvalue weighted by molar-refractivity contribution is -0.147. The smallest absolute Gasteiger partial charge is 0.310 e. The van der Waals surface area contributed by atoms with Gasteiger partial charge >= 0.3 is 5.97 Å². The average Bonchev–Trinajstić information content (AvgIpc) is 3.17. The summed E-state index contributed by atoms with van der Waals surface area (Å²) >= 11 is 0. The summed E-state index contributed by atoms with van der Waals surface area (Å²) in [4.78, 5) is 23.7. The first kappa shape index (κ1) is 16.0. The van der Waals surface area contributed by atoms with Crippen LogP contribution in [0.4, 0.5) is 0 Å². The molecule has 4 atom stereocenters. The van der Waals surface area contributed by atoms with E-state index >= 15 is 0 Å². The topological polar surface area (TPSA) is 93.5 Å². The third-order valence-electron chi connectivity index (χ3n) is 4.81. The number of nitrogens with zero attached hydrogens (tertiary/aromatic N) is 2. The van der Waals surface area contributed by atoms with Crippen LogP contribution in [0.25, 0.3) is 0 Å². The van der Waals surface area contributed by atoms with Crippen molar-refractivity contribution in [1.29, 1.82) is 0 Å². The van der Waals surface area contributed by atoms with E-state index in [0.717, 1.165) is 37.2 Å². The van der Waals surface area contributed by atoms with Crippen LogP contribution in [0.15, 0.2) is 6.07 Å². The average molecular weight is 321 g/mol. The molecule has 2 bridgehead atoms. The number of aryl methyl sites for hydroxylation is 3. The zero-order chi connectivity index (χ0) is 16.6. The number of aromatic nitrogens is 2. The van der Waals surface area contributed by atoms with Crippen molar-refractivity contribution in [2.75, 3.05) is 6.54 Å². The van der Waals surface area contributed by atoms with E-state index < -0.39 is 17.8 Å². The zero-order valence-electron chi connectivity index (χ0n) is 13.5. The van der Waals surface area contributed by atoms with E-state index in [2.05, 4.69) is 10.4 Å². The Balaban J connectivity index is 1.49. The molecule has 0 aliphatic carbocycles. The Labute approximate surface area is 135 Å². The molecule has 0 saturated carbocycles. The molecular formula is C16H23N3O4. The number of carboxylic acid groups (broad SMARTS) is 1. The third-order valence-corrected chi connectivity index (χ3v) is 4.81. The summed E-state index contributed by atoms with van der Waals surface area (Å²) in [5, 5.41) is 16.6. The lowest BCUT2D eigenvalue weighted by atomic mass is 9.79. The predicted octanol–water partition coefficient (Wildman–Crippen LogP) is 0.884. The van der Waals surface area contributed by atoms with Crippen LogP contribution in [0.5, 0.6) is 0 Å². The monoisotopic (exact) mass is 321 g/mol. The first-order valence-electron chi connectivity index (χ1n) is 8.14. The fourth-order valence-electron chi connectivity index (χ4n) is 3.78. The second-order valence-corrected chi connectivity index (χ2v) is 6.47. The number of carbonyl (C=O) groups excluding carboxylic acids is 1. The number of fused-ring (bicyclic) bond motifs is 2. The maximum Gasteiger partial charge on any atom is 0.310 e. The molecule has 2 N–H and O–H groups in total. The van der Waals surface area contributed by atoms with E-state index in [1.165, 1.54) is 0 Å². The highest BCUT2D eigenvalue weighted by molar-refractivity contribution is 5.86. The lowest BCUT2D eigenvalue weighted by Gasteiger charge is -2.23. The lowest BCUT2D eigenvalue weighted by Crippen LogP contribution is -2.44. The van der Waals surface area contributed by atoms with Gasteiger partial charge in [0.15, 0.2) is 0 Å². The molecule has 7 heteroatoms. The Bertz CT molecular complexity index is 612. The van der Waals surface area contributed by atoms with Gasteiger partial charge in [0.25, 0.3) is 0 Å². The number of hydrogen-bond donors (Lipinski definition) is 2. The van der Waals surface area contributed by atoms with Crippen molar-refractivity contribution in [2.24, 2.45) is 11.8 Å². The van der Waals surface area contributed by atoms with Crippen LogP contribution in [0.2, 0.25) is 0 Å². The summed E-state index contributed by atoms with van der Waals surface area (Å²) < 4.78 is 7.54. The molecule has 2 aliphatic rings. The van der Waals surface area contributed by atoms with Gasteiger partial charge in [0.05, 0.1) is 29.7 Å². The van der Waals surface area contributed by atoms with Gasteiger partial charge in [-0.15, -0.1) is 0 Å². The number of amides is 1. The van der Waals surface area contributed by atoms with Crippen molar-refractivity contribution in [3.63, 3.8) is 0 Å². The van der Waals surface area contributed by atoms with Gasteiger partial charge < -0.3 is 15.2 Å². The van der Waals surface area contributed by atoms with Gasteiger partial charge in [0, 0.05) is 18.8 Å². The molecule has 2 saturated heterocycles. The first-order chi connectivity index (χ1) is 11.0. The normalized spacial score (nSPS) is 29.0. The molecule has 2 aliphatic heterocycles.